The Hall–Kier alpha value is -2.67. The minimum atomic E-state index is 0.406. The van der Waals surface area contributed by atoms with E-state index >= 15 is 0 Å². The van der Waals surface area contributed by atoms with E-state index in [0.717, 1.165) is 21.5 Å². The first-order chi connectivity index (χ1) is 13.5. The quantitative estimate of drug-likeness (QED) is 0.370. The summed E-state index contributed by atoms with van der Waals surface area (Å²) in [5.74, 6) is 2.06. The van der Waals surface area contributed by atoms with E-state index in [1.54, 1.807) is 6.21 Å². The third kappa shape index (κ3) is 5.42. The van der Waals surface area contributed by atoms with Gasteiger partial charge in [-0.2, -0.15) is 5.10 Å². The minimum Gasteiger partial charge on any atom is -0.490 e. The Balaban J connectivity index is 1.63. The van der Waals surface area contributed by atoms with Gasteiger partial charge in [0.15, 0.2) is 0 Å². The van der Waals surface area contributed by atoms with E-state index in [1.165, 1.54) is 28.5 Å². The van der Waals surface area contributed by atoms with Crippen LogP contribution in [0.2, 0.25) is 0 Å². The number of halogens is 1. The Morgan fingerprint density at radius 1 is 1.04 bits per heavy atom. The van der Waals surface area contributed by atoms with Crippen LogP contribution in [0.25, 0.3) is 0 Å². The van der Waals surface area contributed by atoms with Crippen LogP contribution >= 0.6 is 15.9 Å². The van der Waals surface area contributed by atoms with Crippen LogP contribution in [0, 0.1) is 6.92 Å². The molecule has 0 aliphatic heterocycles. The Bertz CT molecular complexity index is 940. The lowest BCUT2D eigenvalue weighted by Gasteiger charge is -2.15. The Kier molecular flexibility index (Phi) is 6.81. The second-order valence-electron chi connectivity index (χ2n) is 6.66. The topological polar surface area (TPSA) is 61.5 Å². The second kappa shape index (κ2) is 9.50. The van der Waals surface area contributed by atoms with Crippen LogP contribution in [0.5, 0.6) is 11.5 Å². The van der Waals surface area contributed by atoms with Crippen molar-refractivity contribution < 1.29 is 9.47 Å². The molecule has 0 radical (unpaired) electrons. The van der Waals surface area contributed by atoms with Crippen LogP contribution in [0.3, 0.4) is 0 Å². The van der Waals surface area contributed by atoms with E-state index < -0.39 is 0 Å². The van der Waals surface area contributed by atoms with Crippen LogP contribution in [-0.4, -0.2) is 34.3 Å². The third-order valence-corrected chi connectivity index (χ3v) is 4.59. The molecule has 0 aliphatic carbocycles. The predicted molar refractivity (Wildman–Crippen MR) is 113 cm³/mol. The fourth-order valence-electron chi connectivity index (χ4n) is 2.68. The highest BCUT2D eigenvalue weighted by Gasteiger charge is 2.09. The van der Waals surface area contributed by atoms with E-state index in [4.69, 9.17) is 9.47 Å². The summed E-state index contributed by atoms with van der Waals surface area (Å²) in [5, 5.41) is 11.8. The van der Waals surface area contributed by atoms with E-state index in [0.29, 0.717) is 19.1 Å². The van der Waals surface area contributed by atoms with E-state index in [2.05, 4.69) is 70.2 Å². The molecule has 0 unspecified atom stereocenters. The molecule has 7 heteroatoms. The van der Waals surface area contributed by atoms with Gasteiger partial charge in [-0.05, 0) is 48.2 Å². The van der Waals surface area contributed by atoms with Crippen molar-refractivity contribution in [1.29, 1.82) is 0 Å². The summed E-state index contributed by atoms with van der Waals surface area (Å²) in [6.45, 7) is 7.28. The predicted octanol–water partition coefficient (Wildman–Crippen LogP) is 4.81. The molecular formula is C21H23BrN4O2. The maximum Gasteiger partial charge on any atom is 0.141 e. The molecule has 0 N–H and O–H groups in total. The maximum absolute atomic E-state index is 5.99. The van der Waals surface area contributed by atoms with E-state index in [-0.39, 0.29) is 0 Å². The number of rotatable bonds is 8. The number of benzene rings is 2. The Labute approximate surface area is 173 Å². The second-order valence-corrected chi connectivity index (χ2v) is 7.58. The van der Waals surface area contributed by atoms with Crippen molar-refractivity contribution in [1.82, 2.24) is 14.9 Å². The standard InChI is InChI=1S/C21H23BrN4O2/c1-15(2)19-6-4-16(3)10-21(19)28-9-8-27-20-7-5-18(22)11-17(20)12-25-26-13-23-24-14-26/h4-7,10-15H,8-9H2,1-3H3. The summed E-state index contributed by atoms with van der Waals surface area (Å²) in [4.78, 5) is 0. The molecule has 1 aromatic heterocycles. The summed E-state index contributed by atoms with van der Waals surface area (Å²) >= 11 is 3.48. The molecule has 0 fully saturated rings. The first kappa shape index (κ1) is 20.1. The molecule has 0 bridgehead atoms. The normalized spacial score (nSPS) is 11.3. The highest BCUT2D eigenvalue weighted by Crippen LogP contribution is 2.27. The maximum atomic E-state index is 5.99. The van der Waals surface area contributed by atoms with Crippen LogP contribution in [-0.2, 0) is 0 Å². The van der Waals surface area contributed by atoms with Gasteiger partial charge in [-0.15, -0.1) is 10.2 Å². The van der Waals surface area contributed by atoms with Crippen molar-refractivity contribution in [2.24, 2.45) is 5.10 Å². The minimum absolute atomic E-state index is 0.406. The largest absolute Gasteiger partial charge is 0.490 e. The Morgan fingerprint density at radius 2 is 1.75 bits per heavy atom. The molecule has 0 saturated heterocycles. The fourth-order valence-corrected chi connectivity index (χ4v) is 3.06. The van der Waals surface area contributed by atoms with Gasteiger partial charge in [-0.1, -0.05) is 41.9 Å². The van der Waals surface area contributed by atoms with Gasteiger partial charge in [-0.3, -0.25) is 0 Å². The molecule has 0 aliphatic rings. The van der Waals surface area contributed by atoms with Gasteiger partial charge in [0.25, 0.3) is 0 Å². The van der Waals surface area contributed by atoms with Crippen molar-refractivity contribution in [3.8, 4) is 11.5 Å². The molecular weight excluding hydrogens is 420 g/mol. The van der Waals surface area contributed by atoms with E-state index in [9.17, 15) is 0 Å². The molecule has 0 amide bonds. The zero-order valence-electron chi connectivity index (χ0n) is 16.2. The monoisotopic (exact) mass is 442 g/mol. The highest BCUT2D eigenvalue weighted by atomic mass is 79.9. The molecule has 3 rings (SSSR count). The zero-order valence-corrected chi connectivity index (χ0v) is 17.8. The van der Waals surface area contributed by atoms with Gasteiger partial charge in [0, 0.05) is 10.0 Å². The summed E-state index contributed by atoms with van der Waals surface area (Å²) in [6, 6.07) is 12.1. The van der Waals surface area contributed by atoms with Crippen molar-refractivity contribution in [2.75, 3.05) is 13.2 Å². The number of nitrogens with zero attached hydrogens (tertiary/aromatic N) is 4. The first-order valence-electron chi connectivity index (χ1n) is 9.07. The van der Waals surface area contributed by atoms with E-state index in [1.807, 2.05) is 18.2 Å². The van der Waals surface area contributed by atoms with Gasteiger partial charge in [-0.25, -0.2) is 4.68 Å². The number of aryl methyl sites for hydroxylation is 1. The molecule has 28 heavy (non-hydrogen) atoms. The molecule has 3 aromatic rings. The lowest BCUT2D eigenvalue weighted by molar-refractivity contribution is 0.215. The van der Waals surface area contributed by atoms with Gasteiger partial charge in [0.1, 0.15) is 37.4 Å². The molecule has 0 saturated carbocycles. The van der Waals surface area contributed by atoms with Crippen LogP contribution < -0.4 is 9.47 Å². The number of hydrogen-bond acceptors (Lipinski definition) is 5. The molecule has 1 heterocycles. The van der Waals surface area contributed by atoms with Crippen molar-refractivity contribution in [2.45, 2.75) is 26.7 Å². The fraction of sp³-hybridized carbons (Fsp3) is 0.286. The summed E-state index contributed by atoms with van der Waals surface area (Å²) in [6.07, 6.45) is 4.76. The van der Waals surface area contributed by atoms with Crippen LogP contribution in [0.1, 0.15) is 36.5 Å². The lowest BCUT2D eigenvalue weighted by atomic mass is 10.0. The van der Waals surface area contributed by atoms with Crippen molar-refractivity contribution in [3.63, 3.8) is 0 Å². The van der Waals surface area contributed by atoms with Crippen LogP contribution in [0.4, 0.5) is 0 Å². The van der Waals surface area contributed by atoms with Gasteiger partial charge in [0.05, 0.1) is 6.21 Å². The van der Waals surface area contributed by atoms with Gasteiger partial charge >= 0.3 is 0 Å². The van der Waals surface area contributed by atoms with Crippen molar-refractivity contribution in [3.05, 3.63) is 70.2 Å². The number of aromatic nitrogens is 3. The Morgan fingerprint density at radius 3 is 2.46 bits per heavy atom. The zero-order chi connectivity index (χ0) is 19.9. The molecule has 146 valence electrons. The average molecular weight is 443 g/mol. The summed E-state index contributed by atoms with van der Waals surface area (Å²) in [7, 11) is 0. The van der Waals surface area contributed by atoms with Crippen LogP contribution in [0.15, 0.2) is 58.6 Å². The number of hydrogen-bond donors (Lipinski definition) is 0. The summed E-state index contributed by atoms with van der Waals surface area (Å²) in [5.41, 5.74) is 3.23. The van der Waals surface area contributed by atoms with Crippen molar-refractivity contribution >= 4 is 22.1 Å². The molecule has 6 nitrogen and oxygen atoms in total. The molecule has 0 spiro atoms. The molecule has 2 aromatic carbocycles. The van der Waals surface area contributed by atoms with Gasteiger partial charge in [0.2, 0.25) is 0 Å². The first-order valence-corrected chi connectivity index (χ1v) is 9.87. The molecule has 0 atom stereocenters. The van der Waals surface area contributed by atoms with Gasteiger partial charge < -0.3 is 9.47 Å². The smallest absolute Gasteiger partial charge is 0.141 e. The average Bonchev–Trinajstić information content (AvgIpc) is 3.18. The summed E-state index contributed by atoms with van der Waals surface area (Å²) < 4.78 is 14.4. The number of ether oxygens (including phenoxy) is 2. The SMILES string of the molecule is Cc1ccc(C(C)C)c(OCCOc2ccc(Br)cc2C=Nn2cnnc2)c1. The third-order valence-electron chi connectivity index (χ3n) is 4.10. The highest BCUT2D eigenvalue weighted by molar-refractivity contribution is 9.10. The lowest BCUT2D eigenvalue weighted by Crippen LogP contribution is -2.11.